The largest absolute Gasteiger partial charge is 0.478 e. The lowest BCUT2D eigenvalue weighted by Gasteiger charge is -2.23. The summed E-state index contributed by atoms with van der Waals surface area (Å²) in [4.78, 5) is 11.2. The van der Waals surface area contributed by atoms with E-state index >= 15 is 0 Å². The highest BCUT2D eigenvalue weighted by molar-refractivity contribution is 14.1. The van der Waals surface area contributed by atoms with Crippen molar-refractivity contribution in [1.29, 1.82) is 0 Å². The Kier molecular flexibility index (Phi) is 3.68. The first-order valence-electron chi connectivity index (χ1n) is 6.62. The molecule has 1 aromatic heterocycles. The van der Waals surface area contributed by atoms with Gasteiger partial charge in [0.1, 0.15) is 3.70 Å². The Morgan fingerprint density at radius 1 is 1.50 bits per heavy atom. The van der Waals surface area contributed by atoms with Crippen molar-refractivity contribution in [1.82, 2.24) is 9.78 Å². The normalized spacial score (nSPS) is 19.4. The lowest BCUT2D eigenvalue weighted by Crippen LogP contribution is -2.19. The van der Waals surface area contributed by atoms with Gasteiger partial charge in [0.05, 0.1) is 11.1 Å². The van der Waals surface area contributed by atoms with Crippen LogP contribution in [0.5, 0.6) is 0 Å². The van der Waals surface area contributed by atoms with Crippen LogP contribution in [-0.2, 0) is 4.74 Å². The molecular weight excluding hydrogens is 371 g/mol. The molecule has 0 aliphatic carbocycles. The predicted octanol–water partition coefficient (Wildman–Crippen LogP) is 3.35. The molecule has 1 aliphatic heterocycles. The van der Waals surface area contributed by atoms with Crippen molar-refractivity contribution in [2.24, 2.45) is 0 Å². The van der Waals surface area contributed by atoms with Gasteiger partial charge in [-0.25, -0.2) is 9.48 Å². The van der Waals surface area contributed by atoms with Crippen LogP contribution in [0.1, 0.15) is 41.4 Å². The van der Waals surface area contributed by atoms with Gasteiger partial charge in [0, 0.05) is 12.0 Å². The SMILES string of the molecule is Cc1c(C(=O)O)ccc2c1c(I)nn2C1CCCCO1. The summed E-state index contributed by atoms with van der Waals surface area (Å²) in [5, 5.41) is 14.7. The third-order valence-electron chi connectivity index (χ3n) is 3.75. The van der Waals surface area contributed by atoms with Crippen LogP contribution in [0.4, 0.5) is 0 Å². The Balaban J connectivity index is 2.16. The molecule has 6 heteroatoms. The Morgan fingerprint density at radius 3 is 2.95 bits per heavy atom. The third-order valence-corrected chi connectivity index (χ3v) is 4.51. The van der Waals surface area contributed by atoms with E-state index in [0.717, 1.165) is 46.0 Å². The number of carboxylic acid groups (broad SMARTS) is 1. The molecule has 2 aromatic rings. The van der Waals surface area contributed by atoms with Crippen molar-refractivity contribution in [2.45, 2.75) is 32.4 Å². The molecule has 0 radical (unpaired) electrons. The number of hydrogen-bond acceptors (Lipinski definition) is 3. The minimum absolute atomic E-state index is 0.0372. The highest BCUT2D eigenvalue weighted by atomic mass is 127. The number of nitrogens with zero attached hydrogens (tertiary/aromatic N) is 2. The zero-order valence-corrected chi connectivity index (χ0v) is 13.3. The number of carbonyl (C=O) groups is 1. The summed E-state index contributed by atoms with van der Waals surface area (Å²) in [6.07, 6.45) is 3.14. The number of fused-ring (bicyclic) bond motifs is 1. The maximum atomic E-state index is 11.2. The summed E-state index contributed by atoms with van der Waals surface area (Å²) in [6, 6.07) is 3.48. The maximum absolute atomic E-state index is 11.2. The van der Waals surface area contributed by atoms with E-state index in [-0.39, 0.29) is 6.23 Å². The molecular formula is C14H15IN2O3. The summed E-state index contributed by atoms with van der Waals surface area (Å²) in [5.74, 6) is -0.901. The quantitative estimate of drug-likeness (QED) is 0.805. The van der Waals surface area contributed by atoms with Crippen molar-refractivity contribution in [2.75, 3.05) is 6.61 Å². The van der Waals surface area contributed by atoms with Crippen LogP contribution in [0.3, 0.4) is 0 Å². The number of hydrogen-bond donors (Lipinski definition) is 1. The van der Waals surface area contributed by atoms with Crippen molar-refractivity contribution in [3.05, 3.63) is 27.0 Å². The summed E-state index contributed by atoms with van der Waals surface area (Å²) in [6.45, 7) is 2.59. The van der Waals surface area contributed by atoms with Crippen LogP contribution in [0, 0.1) is 10.6 Å². The van der Waals surface area contributed by atoms with E-state index in [1.807, 2.05) is 17.7 Å². The standard InChI is InChI=1S/C14H15IN2O3/c1-8-9(14(18)19)5-6-10-12(8)13(15)16-17(10)11-4-2-3-7-20-11/h5-6,11H,2-4,7H2,1H3,(H,18,19). The molecule has 1 saturated heterocycles. The molecule has 1 atom stereocenters. The molecule has 3 rings (SSSR count). The van der Waals surface area contributed by atoms with E-state index in [0.29, 0.717) is 5.56 Å². The van der Waals surface area contributed by atoms with Gasteiger partial charge in [-0.3, -0.25) is 0 Å². The van der Waals surface area contributed by atoms with Crippen LogP contribution in [0.2, 0.25) is 0 Å². The number of aryl methyl sites for hydroxylation is 1. The van der Waals surface area contributed by atoms with Crippen molar-refractivity contribution in [3.8, 4) is 0 Å². The van der Waals surface area contributed by atoms with Gasteiger partial charge < -0.3 is 9.84 Å². The van der Waals surface area contributed by atoms with Crippen LogP contribution < -0.4 is 0 Å². The second kappa shape index (κ2) is 5.33. The molecule has 2 heterocycles. The summed E-state index contributed by atoms with van der Waals surface area (Å²) in [5.41, 5.74) is 2.05. The van der Waals surface area contributed by atoms with Gasteiger partial charge in [0.25, 0.3) is 0 Å². The zero-order valence-electron chi connectivity index (χ0n) is 11.1. The number of aromatic nitrogens is 2. The lowest BCUT2D eigenvalue weighted by molar-refractivity contribution is -0.0368. The fourth-order valence-electron chi connectivity index (χ4n) is 2.71. The summed E-state index contributed by atoms with van der Waals surface area (Å²) < 4.78 is 8.51. The molecule has 106 valence electrons. The number of benzene rings is 1. The summed E-state index contributed by atoms with van der Waals surface area (Å²) in [7, 11) is 0. The predicted molar refractivity (Wildman–Crippen MR) is 83.0 cm³/mol. The van der Waals surface area contributed by atoms with E-state index < -0.39 is 5.97 Å². The minimum Gasteiger partial charge on any atom is -0.478 e. The topological polar surface area (TPSA) is 64.3 Å². The molecule has 0 bridgehead atoms. The number of halogens is 1. The lowest BCUT2D eigenvalue weighted by atomic mass is 10.0. The van der Waals surface area contributed by atoms with Gasteiger partial charge in [0.2, 0.25) is 0 Å². The molecule has 1 aromatic carbocycles. The van der Waals surface area contributed by atoms with E-state index in [1.54, 1.807) is 6.07 Å². The second-order valence-electron chi connectivity index (χ2n) is 4.99. The van der Waals surface area contributed by atoms with Crippen molar-refractivity contribution >= 4 is 39.5 Å². The van der Waals surface area contributed by atoms with E-state index in [9.17, 15) is 9.90 Å². The molecule has 0 saturated carbocycles. The average molecular weight is 386 g/mol. The Morgan fingerprint density at radius 2 is 2.30 bits per heavy atom. The van der Waals surface area contributed by atoms with E-state index in [1.165, 1.54) is 0 Å². The van der Waals surface area contributed by atoms with Crippen molar-refractivity contribution in [3.63, 3.8) is 0 Å². The fourth-order valence-corrected chi connectivity index (χ4v) is 3.63. The number of rotatable bonds is 2. The molecule has 1 unspecified atom stereocenters. The van der Waals surface area contributed by atoms with Crippen molar-refractivity contribution < 1.29 is 14.6 Å². The molecule has 0 amide bonds. The summed E-state index contributed by atoms with van der Waals surface area (Å²) >= 11 is 2.16. The number of carboxylic acids is 1. The highest BCUT2D eigenvalue weighted by Gasteiger charge is 2.22. The molecule has 20 heavy (non-hydrogen) atoms. The van der Waals surface area contributed by atoms with Gasteiger partial charge in [-0.2, -0.15) is 5.10 Å². The first-order valence-corrected chi connectivity index (χ1v) is 7.69. The van der Waals surface area contributed by atoms with Crippen LogP contribution in [0.25, 0.3) is 10.9 Å². The molecule has 1 aliphatic rings. The maximum Gasteiger partial charge on any atom is 0.335 e. The number of aromatic carboxylic acids is 1. The van der Waals surface area contributed by atoms with Crippen LogP contribution in [-0.4, -0.2) is 27.5 Å². The second-order valence-corrected chi connectivity index (χ2v) is 6.02. The first-order chi connectivity index (χ1) is 9.59. The van der Waals surface area contributed by atoms with Crippen LogP contribution in [0.15, 0.2) is 12.1 Å². The minimum atomic E-state index is -0.901. The Hall–Kier alpha value is -1.15. The van der Waals surface area contributed by atoms with Gasteiger partial charge in [-0.1, -0.05) is 0 Å². The fraction of sp³-hybridized carbons (Fsp3) is 0.429. The Labute approximate surface area is 130 Å². The van der Waals surface area contributed by atoms with Gasteiger partial charge in [-0.05, 0) is 66.5 Å². The molecule has 0 spiro atoms. The zero-order chi connectivity index (χ0) is 14.3. The smallest absolute Gasteiger partial charge is 0.335 e. The highest BCUT2D eigenvalue weighted by Crippen LogP contribution is 2.31. The van der Waals surface area contributed by atoms with Gasteiger partial charge >= 0.3 is 5.97 Å². The van der Waals surface area contributed by atoms with Gasteiger partial charge in [0.15, 0.2) is 6.23 Å². The number of ether oxygens (including phenoxy) is 1. The molecule has 1 N–H and O–H groups in total. The third kappa shape index (κ3) is 2.20. The average Bonchev–Trinajstić information content (AvgIpc) is 2.78. The first kappa shape index (κ1) is 13.8. The van der Waals surface area contributed by atoms with E-state index in [2.05, 4.69) is 27.7 Å². The monoisotopic (exact) mass is 386 g/mol. The van der Waals surface area contributed by atoms with Crippen LogP contribution >= 0.6 is 22.6 Å². The Bertz CT molecular complexity index is 675. The van der Waals surface area contributed by atoms with E-state index in [4.69, 9.17) is 4.74 Å². The van der Waals surface area contributed by atoms with Gasteiger partial charge in [-0.15, -0.1) is 0 Å². The molecule has 5 nitrogen and oxygen atoms in total. The molecule has 1 fully saturated rings.